The number of carbonyl (C=O) groups is 1. The number of pyridine rings is 1. The number of hydrogen-bond donors (Lipinski definition) is 2. The highest BCUT2D eigenvalue weighted by Gasteiger charge is 2.32. The number of amides is 1. The van der Waals surface area contributed by atoms with Crippen LogP contribution in [0.4, 0.5) is 5.82 Å². The van der Waals surface area contributed by atoms with Crippen molar-refractivity contribution in [1.29, 1.82) is 0 Å². The SMILES string of the molecule is CCC1NC(=O)C(C(C)C)Nc2c1nc1ccccn21. The standard InChI is InChI=1S/C15H20N4O/c1-4-10-13-14(18-12(9(2)3)15(20)16-10)19-8-6-5-7-11(19)17-13/h5-10,12,18H,4H2,1-3H3,(H,16,20). The third-order valence-electron chi connectivity index (χ3n) is 3.85. The molecule has 20 heavy (non-hydrogen) atoms. The zero-order valence-electron chi connectivity index (χ0n) is 12.1. The maximum atomic E-state index is 12.3. The summed E-state index contributed by atoms with van der Waals surface area (Å²) in [6.45, 7) is 6.16. The second-order valence-corrected chi connectivity index (χ2v) is 5.61. The molecule has 2 atom stereocenters. The monoisotopic (exact) mass is 272 g/mol. The van der Waals surface area contributed by atoms with Gasteiger partial charge in [-0.1, -0.05) is 26.8 Å². The summed E-state index contributed by atoms with van der Waals surface area (Å²) in [6, 6.07) is 5.66. The van der Waals surface area contributed by atoms with Crippen LogP contribution in [0.2, 0.25) is 0 Å². The van der Waals surface area contributed by atoms with E-state index in [0.29, 0.717) is 0 Å². The Hall–Kier alpha value is -2.04. The molecule has 2 aromatic rings. The Bertz CT molecular complexity index is 646. The van der Waals surface area contributed by atoms with Gasteiger partial charge >= 0.3 is 0 Å². The Kier molecular flexibility index (Phi) is 3.12. The average Bonchev–Trinajstić information content (AvgIpc) is 2.73. The second-order valence-electron chi connectivity index (χ2n) is 5.61. The molecule has 0 spiro atoms. The summed E-state index contributed by atoms with van der Waals surface area (Å²) in [6.07, 6.45) is 2.81. The van der Waals surface area contributed by atoms with Gasteiger partial charge in [0.25, 0.3) is 0 Å². The van der Waals surface area contributed by atoms with Crippen molar-refractivity contribution in [1.82, 2.24) is 14.7 Å². The van der Waals surface area contributed by atoms with Crippen LogP contribution in [-0.4, -0.2) is 21.3 Å². The lowest BCUT2D eigenvalue weighted by molar-refractivity contribution is -0.123. The number of aromatic nitrogens is 2. The molecule has 0 aromatic carbocycles. The van der Waals surface area contributed by atoms with Gasteiger partial charge in [-0.15, -0.1) is 0 Å². The van der Waals surface area contributed by atoms with E-state index in [4.69, 9.17) is 0 Å². The van der Waals surface area contributed by atoms with E-state index in [1.165, 1.54) is 0 Å². The third kappa shape index (κ3) is 1.94. The molecular weight excluding hydrogens is 252 g/mol. The maximum Gasteiger partial charge on any atom is 0.243 e. The Morgan fingerprint density at radius 2 is 2.15 bits per heavy atom. The van der Waals surface area contributed by atoms with Gasteiger partial charge in [-0.2, -0.15) is 0 Å². The van der Waals surface area contributed by atoms with Crippen LogP contribution in [0.3, 0.4) is 0 Å². The fraction of sp³-hybridized carbons (Fsp3) is 0.467. The molecular formula is C15H20N4O. The van der Waals surface area contributed by atoms with Crippen LogP contribution in [0, 0.1) is 5.92 Å². The largest absolute Gasteiger partial charge is 0.358 e. The van der Waals surface area contributed by atoms with Crippen molar-refractivity contribution in [3.63, 3.8) is 0 Å². The van der Waals surface area contributed by atoms with Crippen LogP contribution in [0.25, 0.3) is 5.65 Å². The first kappa shape index (κ1) is 13.0. The fourth-order valence-electron chi connectivity index (χ4n) is 2.71. The Morgan fingerprint density at radius 1 is 1.35 bits per heavy atom. The Labute approximate surface area is 118 Å². The average molecular weight is 272 g/mol. The summed E-state index contributed by atoms with van der Waals surface area (Å²) in [5.41, 5.74) is 1.83. The molecule has 0 bridgehead atoms. The molecule has 5 heteroatoms. The molecule has 3 rings (SSSR count). The number of carbonyl (C=O) groups excluding carboxylic acids is 1. The summed E-state index contributed by atoms with van der Waals surface area (Å²) in [7, 11) is 0. The van der Waals surface area contributed by atoms with Crippen molar-refractivity contribution >= 4 is 17.4 Å². The van der Waals surface area contributed by atoms with E-state index in [9.17, 15) is 4.79 Å². The molecule has 2 N–H and O–H groups in total. The van der Waals surface area contributed by atoms with Gasteiger partial charge < -0.3 is 10.6 Å². The molecule has 1 aliphatic rings. The number of hydrogen-bond acceptors (Lipinski definition) is 3. The highest BCUT2D eigenvalue weighted by molar-refractivity contribution is 5.87. The summed E-state index contributed by atoms with van der Waals surface area (Å²) in [5, 5.41) is 6.48. The van der Waals surface area contributed by atoms with Crippen molar-refractivity contribution in [2.45, 2.75) is 39.3 Å². The van der Waals surface area contributed by atoms with Crippen molar-refractivity contribution in [3.8, 4) is 0 Å². The zero-order chi connectivity index (χ0) is 14.3. The molecule has 2 aromatic heterocycles. The molecule has 106 valence electrons. The molecule has 0 aliphatic carbocycles. The van der Waals surface area contributed by atoms with Gasteiger partial charge in [0, 0.05) is 6.20 Å². The van der Waals surface area contributed by atoms with E-state index in [2.05, 4.69) is 22.5 Å². The number of rotatable bonds is 2. The van der Waals surface area contributed by atoms with Gasteiger partial charge in [-0.25, -0.2) is 4.98 Å². The molecule has 2 unspecified atom stereocenters. The minimum absolute atomic E-state index is 0.0337. The minimum Gasteiger partial charge on any atom is -0.358 e. The van der Waals surface area contributed by atoms with Gasteiger partial charge in [0.1, 0.15) is 23.2 Å². The molecule has 0 saturated carbocycles. The third-order valence-corrected chi connectivity index (χ3v) is 3.85. The minimum atomic E-state index is -0.231. The van der Waals surface area contributed by atoms with Gasteiger partial charge in [0.05, 0.1) is 6.04 Å². The first-order chi connectivity index (χ1) is 9.61. The van der Waals surface area contributed by atoms with Gasteiger partial charge in [0.2, 0.25) is 5.91 Å². The van der Waals surface area contributed by atoms with Crippen LogP contribution in [0.1, 0.15) is 38.9 Å². The van der Waals surface area contributed by atoms with Crippen LogP contribution in [-0.2, 0) is 4.79 Å². The van der Waals surface area contributed by atoms with E-state index in [1.54, 1.807) is 0 Å². The van der Waals surface area contributed by atoms with Crippen molar-refractivity contribution in [2.24, 2.45) is 5.92 Å². The van der Waals surface area contributed by atoms with Crippen LogP contribution >= 0.6 is 0 Å². The van der Waals surface area contributed by atoms with E-state index in [-0.39, 0.29) is 23.9 Å². The van der Waals surface area contributed by atoms with E-state index in [0.717, 1.165) is 23.6 Å². The van der Waals surface area contributed by atoms with Gasteiger partial charge in [-0.05, 0) is 24.5 Å². The fourth-order valence-corrected chi connectivity index (χ4v) is 2.71. The highest BCUT2D eigenvalue weighted by Crippen LogP contribution is 2.30. The zero-order valence-corrected chi connectivity index (χ0v) is 12.1. The van der Waals surface area contributed by atoms with E-state index >= 15 is 0 Å². The van der Waals surface area contributed by atoms with E-state index < -0.39 is 0 Å². The number of anilines is 1. The topological polar surface area (TPSA) is 58.4 Å². The molecule has 0 radical (unpaired) electrons. The molecule has 1 aliphatic heterocycles. The van der Waals surface area contributed by atoms with Crippen molar-refractivity contribution < 1.29 is 4.79 Å². The van der Waals surface area contributed by atoms with Crippen LogP contribution < -0.4 is 10.6 Å². The van der Waals surface area contributed by atoms with Gasteiger partial charge in [-0.3, -0.25) is 9.20 Å². The number of nitrogens with one attached hydrogen (secondary N) is 2. The lowest BCUT2D eigenvalue weighted by Gasteiger charge is -2.20. The number of nitrogens with zero attached hydrogens (tertiary/aromatic N) is 2. The Balaban J connectivity index is 2.17. The normalized spacial score (nSPS) is 22.3. The predicted octanol–water partition coefficient (Wildman–Crippen LogP) is 2.35. The lowest BCUT2D eigenvalue weighted by atomic mass is 10.0. The second kappa shape index (κ2) is 4.81. The van der Waals surface area contributed by atoms with Crippen molar-refractivity contribution in [2.75, 3.05) is 5.32 Å². The summed E-state index contributed by atoms with van der Waals surface area (Å²) in [5.74, 6) is 1.20. The summed E-state index contributed by atoms with van der Waals surface area (Å²) >= 11 is 0. The summed E-state index contributed by atoms with van der Waals surface area (Å²) in [4.78, 5) is 17.0. The predicted molar refractivity (Wildman–Crippen MR) is 78.6 cm³/mol. The van der Waals surface area contributed by atoms with Crippen LogP contribution in [0.5, 0.6) is 0 Å². The van der Waals surface area contributed by atoms with Gasteiger partial charge in [0.15, 0.2) is 0 Å². The van der Waals surface area contributed by atoms with E-state index in [1.807, 2.05) is 42.6 Å². The Morgan fingerprint density at radius 3 is 2.85 bits per heavy atom. The highest BCUT2D eigenvalue weighted by atomic mass is 16.2. The molecule has 5 nitrogen and oxygen atoms in total. The first-order valence-corrected chi connectivity index (χ1v) is 7.15. The molecule has 0 saturated heterocycles. The number of fused-ring (bicyclic) bond motifs is 3. The van der Waals surface area contributed by atoms with Crippen LogP contribution in [0.15, 0.2) is 24.4 Å². The first-order valence-electron chi connectivity index (χ1n) is 7.15. The van der Waals surface area contributed by atoms with Crippen molar-refractivity contribution in [3.05, 3.63) is 30.1 Å². The molecule has 1 amide bonds. The smallest absolute Gasteiger partial charge is 0.243 e. The lowest BCUT2D eigenvalue weighted by Crippen LogP contribution is -2.42. The maximum absolute atomic E-state index is 12.3. The number of imidazole rings is 1. The summed E-state index contributed by atoms with van der Waals surface area (Å²) < 4.78 is 2.02. The molecule has 3 heterocycles. The quantitative estimate of drug-likeness (QED) is 0.882. The molecule has 0 fully saturated rings.